The lowest BCUT2D eigenvalue weighted by atomic mass is 9.51. The van der Waals surface area contributed by atoms with Crippen LogP contribution in [0.5, 0.6) is 0 Å². The van der Waals surface area contributed by atoms with E-state index in [1.165, 1.54) is 6.42 Å². The van der Waals surface area contributed by atoms with Crippen molar-refractivity contribution in [2.24, 2.45) is 17.3 Å². The van der Waals surface area contributed by atoms with Crippen molar-refractivity contribution in [3.05, 3.63) is 17.5 Å². The first kappa shape index (κ1) is 18.8. The molecule has 6 rings (SSSR count). The zero-order valence-electron chi connectivity index (χ0n) is 17.0. The molecule has 1 aromatic rings. The monoisotopic (exact) mass is 426 g/mol. The molecule has 4 aliphatic carbocycles. The highest BCUT2D eigenvalue weighted by Crippen LogP contribution is 2.78. The van der Waals surface area contributed by atoms with Crippen molar-refractivity contribution >= 4 is 23.3 Å². The Morgan fingerprint density at radius 2 is 2.20 bits per heavy atom. The minimum Gasteiger partial charge on any atom is -0.363 e. The predicted molar refractivity (Wildman–Crippen MR) is 112 cm³/mol. The van der Waals surface area contributed by atoms with Gasteiger partial charge in [0.1, 0.15) is 17.0 Å². The van der Waals surface area contributed by atoms with Gasteiger partial charge < -0.3 is 15.5 Å². The molecule has 158 valence electrons. The summed E-state index contributed by atoms with van der Waals surface area (Å²) in [6.45, 7) is 1.07. The highest BCUT2D eigenvalue weighted by atomic mass is 35.5. The average molecular weight is 427 g/mol. The van der Waals surface area contributed by atoms with Gasteiger partial charge in [0.05, 0.1) is 25.0 Å². The van der Waals surface area contributed by atoms with Crippen LogP contribution in [0, 0.1) is 28.6 Å². The van der Waals surface area contributed by atoms with Crippen molar-refractivity contribution in [2.45, 2.75) is 68.5 Å². The Labute approximate surface area is 181 Å². The van der Waals surface area contributed by atoms with Gasteiger partial charge in [-0.3, -0.25) is 9.78 Å². The molecule has 1 amide bonds. The minimum absolute atomic E-state index is 0.0606. The highest BCUT2D eigenvalue weighted by molar-refractivity contribution is 6.29. The maximum Gasteiger partial charge on any atom is 0.237 e. The van der Waals surface area contributed by atoms with E-state index in [1.807, 2.05) is 0 Å². The van der Waals surface area contributed by atoms with E-state index >= 15 is 0 Å². The molecule has 6 atom stereocenters. The second-order valence-corrected chi connectivity index (χ2v) is 10.7. The van der Waals surface area contributed by atoms with Gasteiger partial charge in [-0.05, 0) is 68.6 Å². The van der Waals surface area contributed by atoms with Crippen LogP contribution in [-0.4, -0.2) is 51.0 Å². The SMILES string of the molecule is N#C[C@@H]1CCCN1C(=O)CNC12CC3CC4(Nc5cncc(Cl)n5)CC(C1)C4(C3)C2. The third-order valence-electron chi connectivity index (χ3n) is 8.90. The summed E-state index contributed by atoms with van der Waals surface area (Å²) in [4.78, 5) is 23.2. The lowest BCUT2D eigenvalue weighted by Crippen LogP contribution is -2.62. The second kappa shape index (κ2) is 6.30. The largest absolute Gasteiger partial charge is 0.363 e. The Bertz CT molecular complexity index is 946. The minimum atomic E-state index is -0.242. The van der Waals surface area contributed by atoms with Crippen LogP contribution in [0.25, 0.3) is 0 Å². The van der Waals surface area contributed by atoms with Crippen molar-refractivity contribution < 1.29 is 4.79 Å². The van der Waals surface area contributed by atoms with Gasteiger partial charge in [0.25, 0.3) is 0 Å². The number of anilines is 1. The van der Waals surface area contributed by atoms with Crippen molar-refractivity contribution in [3.8, 4) is 6.07 Å². The van der Waals surface area contributed by atoms with E-state index in [1.54, 1.807) is 17.3 Å². The van der Waals surface area contributed by atoms with E-state index in [0.717, 1.165) is 50.8 Å². The van der Waals surface area contributed by atoms with Crippen molar-refractivity contribution in [1.82, 2.24) is 20.2 Å². The van der Waals surface area contributed by atoms with Crippen LogP contribution in [0.1, 0.15) is 51.4 Å². The standard InChI is InChI=1S/C22H27ClN6O/c23-17-10-25-11-18(27-17)28-22-6-14-4-20(7-15(8-22)21(22,5-14)13-20)26-12-19(30)29-3-1-2-16(29)9-24/h10-11,14-16,26H,1-8,12-13H2,(H,27,28)/t14?,15?,16-,20?,21?,22?/m0/s1. The third kappa shape index (κ3) is 2.50. The zero-order chi connectivity index (χ0) is 20.6. The number of nitrogens with zero attached hydrogens (tertiary/aromatic N) is 4. The number of hydrogen-bond acceptors (Lipinski definition) is 6. The van der Waals surface area contributed by atoms with Crippen LogP contribution in [0.2, 0.25) is 5.15 Å². The maximum absolute atomic E-state index is 12.8. The molecule has 8 heteroatoms. The van der Waals surface area contributed by atoms with Gasteiger partial charge in [0, 0.05) is 17.6 Å². The molecular formula is C22H27ClN6O. The van der Waals surface area contributed by atoms with Gasteiger partial charge in [-0.15, -0.1) is 0 Å². The third-order valence-corrected chi connectivity index (χ3v) is 9.08. The van der Waals surface area contributed by atoms with Gasteiger partial charge >= 0.3 is 0 Å². The molecular weight excluding hydrogens is 400 g/mol. The fourth-order valence-electron chi connectivity index (χ4n) is 8.11. The molecule has 1 spiro atoms. The van der Waals surface area contributed by atoms with Crippen LogP contribution in [0.15, 0.2) is 12.4 Å². The van der Waals surface area contributed by atoms with E-state index in [2.05, 4.69) is 26.7 Å². The topological polar surface area (TPSA) is 93.9 Å². The molecule has 1 saturated heterocycles. The van der Waals surface area contributed by atoms with Crippen LogP contribution >= 0.6 is 11.6 Å². The van der Waals surface area contributed by atoms with E-state index in [-0.39, 0.29) is 23.0 Å². The average Bonchev–Trinajstić information content (AvgIpc) is 3.31. The summed E-state index contributed by atoms with van der Waals surface area (Å²) in [7, 11) is 0. The number of halogens is 1. The second-order valence-electron chi connectivity index (χ2n) is 10.4. The molecule has 2 heterocycles. The summed E-state index contributed by atoms with van der Waals surface area (Å²) >= 11 is 6.06. The van der Waals surface area contributed by atoms with E-state index in [4.69, 9.17) is 11.6 Å². The molecule has 0 radical (unpaired) electrons. The number of aromatic nitrogens is 2. The van der Waals surface area contributed by atoms with Crippen LogP contribution in [0.3, 0.4) is 0 Å². The van der Waals surface area contributed by atoms with Gasteiger partial charge in [-0.25, -0.2) is 4.98 Å². The number of carbonyl (C=O) groups is 1. The summed E-state index contributed by atoms with van der Waals surface area (Å²) in [6, 6.07) is 2.04. The normalized spacial score (nSPS) is 42.7. The Kier molecular flexibility index (Phi) is 3.96. The number of amides is 1. The van der Waals surface area contributed by atoms with E-state index in [9.17, 15) is 10.1 Å². The number of nitriles is 1. The Hall–Kier alpha value is -1.91. The Morgan fingerprint density at radius 1 is 1.30 bits per heavy atom. The first-order chi connectivity index (χ1) is 14.5. The molecule has 1 aliphatic heterocycles. The Balaban J connectivity index is 1.18. The number of fused-ring (bicyclic) bond motifs is 2. The van der Waals surface area contributed by atoms with Gasteiger partial charge in [-0.1, -0.05) is 11.6 Å². The van der Waals surface area contributed by atoms with Crippen molar-refractivity contribution in [1.29, 1.82) is 5.26 Å². The molecule has 5 aliphatic rings. The summed E-state index contributed by atoms with van der Waals surface area (Å²) < 4.78 is 0. The molecule has 4 saturated carbocycles. The maximum atomic E-state index is 12.8. The number of carbonyl (C=O) groups excluding carboxylic acids is 1. The summed E-state index contributed by atoms with van der Waals surface area (Å²) in [5, 5.41) is 17.2. The molecule has 3 bridgehead atoms. The van der Waals surface area contributed by atoms with E-state index in [0.29, 0.717) is 35.5 Å². The molecule has 5 unspecified atom stereocenters. The smallest absolute Gasteiger partial charge is 0.237 e. The number of nitrogens with one attached hydrogen (secondary N) is 2. The fourth-order valence-corrected chi connectivity index (χ4v) is 8.25. The van der Waals surface area contributed by atoms with Crippen molar-refractivity contribution in [2.75, 3.05) is 18.4 Å². The molecule has 5 fully saturated rings. The van der Waals surface area contributed by atoms with E-state index < -0.39 is 0 Å². The molecule has 0 aromatic carbocycles. The fraction of sp³-hybridized carbons (Fsp3) is 0.727. The van der Waals surface area contributed by atoms with Crippen LogP contribution < -0.4 is 10.6 Å². The summed E-state index contributed by atoms with van der Waals surface area (Å²) in [5.41, 5.74) is 0.441. The van der Waals surface area contributed by atoms with Crippen LogP contribution in [-0.2, 0) is 4.79 Å². The van der Waals surface area contributed by atoms with Crippen molar-refractivity contribution in [3.63, 3.8) is 0 Å². The van der Waals surface area contributed by atoms with Gasteiger partial charge in [0.2, 0.25) is 5.91 Å². The van der Waals surface area contributed by atoms with Gasteiger partial charge in [0.15, 0.2) is 0 Å². The molecule has 1 aromatic heterocycles. The lowest BCUT2D eigenvalue weighted by molar-refractivity contribution is -0.130. The number of likely N-dealkylation sites (tertiary alicyclic amines) is 1. The summed E-state index contributed by atoms with van der Waals surface area (Å²) in [5.74, 6) is 2.24. The molecule has 2 N–H and O–H groups in total. The highest BCUT2D eigenvalue weighted by Gasteiger charge is 2.77. The van der Waals surface area contributed by atoms with Crippen LogP contribution in [0.4, 0.5) is 5.82 Å². The number of hydrogen-bond donors (Lipinski definition) is 2. The Morgan fingerprint density at radius 3 is 3.03 bits per heavy atom. The number of rotatable bonds is 5. The lowest BCUT2D eigenvalue weighted by Gasteiger charge is -2.59. The molecule has 7 nitrogen and oxygen atoms in total. The quantitative estimate of drug-likeness (QED) is 0.751. The van der Waals surface area contributed by atoms with Gasteiger partial charge in [-0.2, -0.15) is 5.26 Å². The summed E-state index contributed by atoms with van der Waals surface area (Å²) in [6.07, 6.45) is 12.1. The predicted octanol–water partition coefficient (Wildman–Crippen LogP) is 2.74. The zero-order valence-corrected chi connectivity index (χ0v) is 17.8. The molecule has 30 heavy (non-hydrogen) atoms. The first-order valence-corrected chi connectivity index (χ1v) is 11.5. The first-order valence-electron chi connectivity index (χ1n) is 11.2.